The summed E-state index contributed by atoms with van der Waals surface area (Å²) in [4.78, 5) is 19.1. The van der Waals surface area contributed by atoms with Gasteiger partial charge >= 0.3 is 12.1 Å². The minimum absolute atomic E-state index is 0.0188. The first-order valence-electron chi connectivity index (χ1n) is 14.7. The number of pyridine rings is 2. The number of benzene rings is 1. The molecule has 2 unspecified atom stereocenters. The highest BCUT2D eigenvalue weighted by Crippen LogP contribution is 2.39. The minimum atomic E-state index is -4.72. The van der Waals surface area contributed by atoms with Crippen LogP contribution in [-0.4, -0.2) is 62.5 Å². The molecule has 3 aromatic heterocycles. The van der Waals surface area contributed by atoms with Gasteiger partial charge in [0.05, 0.1) is 5.92 Å². The quantitative estimate of drug-likeness (QED) is 0.306. The number of rotatable bonds is 6. The Kier molecular flexibility index (Phi) is 7.84. The van der Waals surface area contributed by atoms with Crippen LogP contribution >= 0.6 is 0 Å². The van der Waals surface area contributed by atoms with Crippen molar-refractivity contribution in [3.63, 3.8) is 0 Å². The van der Waals surface area contributed by atoms with E-state index in [0.29, 0.717) is 28.1 Å². The van der Waals surface area contributed by atoms with Crippen molar-refractivity contribution in [1.29, 1.82) is 0 Å². The summed E-state index contributed by atoms with van der Waals surface area (Å²) in [5.41, 5.74) is 2.97. The van der Waals surface area contributed by atoms with E-state index in [4.69, 9.17) is 0 Å². The number of carbonyl (C=O) groups is 1. The summed E-state index contributed by atoms with van der Waals surface area (Å²) >= 11 is 0. The molecule has 1 aromatic carbocycles. The SMILES string of the molecule is Cc1ccc(C(c2ccn3c(C(F)(F)F)nnc3c2C)C(C)C(=O)O)cc1CN1C[C@@H]2CCCCN2c2ncccc2S1(=O)=O. The van der Waals surface area contributed by atoms with Crippen molar-refractivity contribution >= 4 is 27.5 Å². The minimum Gasteiger partial charge on any atom is -0.481 e. The van der Waals surface area contributed by atoms with Crippen LogP contribution in [0, 0.1) is 19.8 Å². The molecule has 10 nitrogen and oxygen atoms in total. The molecule has 5 heterocycles. The number of aromatic nitrogens is 4. The summed E-state index contributed by atoms with van der Waals surface area (Å²) in [6.45, 7) is 6.08. The molecule has 0 saturated carbocycles. The number of anilines is 1. The Balaban J connectivity index is 1.42. The molecule has 0 radical (unpaired) electrons. The van der Waals surface area contributed by atoms with Crippen molar-refractivity contribution in [2.24, 2.45) is 5.92 Å². The lowest BCUT2D eigenvalue weighted by Crippen LogP contribution is -2.45. The maximum Gasteiger partial charge on any atom is 0.452 e. The van der Waals surface area contributed by atoms with E-state index in [0.717, 1.165) is 35.8 Å². The molecule has 14 heteroatoms. The van der Waals surface area contributed by atoms with Crippen molar-refractivity contribution in [2.45, 2.75) is 69.6 Å². The molecule has 0 spiro atoms. The molecule has 3 atom stereocenters. The zero-order chi connectivity index (χ0) is 32.3. The summed E-state index contributed by atoms with van der Waals surface area (Å²) in [5.74, 6) is -3.52. The highest BCUT2D eigenvalue weighted by Gasteiger charge is 2.40. The first kappa shape index (κ1) is 31.0. The van der Waals surface area contributed by atoms with Crippen LogP contribution in [-0.2, 0) is 27.5 Å². The fourth-order valence-electron chi connectivity index (χ4n) is 6.64. The van der Waals surface area contributed by atoms with Crippen LogP contribution in [0.1, 0.15) is 65.7 Å². The van der Waals surface area contributed by atoms with Gasteiger partial charge in [0.15, 0.2) is 5.65 Å². The summed E-state index contributed by atoms with van der Waals surface area (Å²) in [7, 11) is -3.92. The molecule has 6 rings (SSSR count). The number of carboxylic acid groups (broad SMARTS) is 1. The number of hydrogen-bond acceptors (Lipinski definition) is 7. The first-order valence-corrected chi connectivity index (χ1v) is 16.2. The predicted molar refractivity (Wildman–Crippen MR) is 159 cm³/mol. The third-order valence-electron chi connectivity index (χ3n) is 9.11. The number of fused-ring (bicyclic) bond motifs is 4. The summed E-state index contributed by atoms with van der Waals surface area (Å²) in [6, 6.07) is 10.1. The van der Waals surface area contributed by atoms with Crippen LogP contribution in [0.2, 0.25) is 0 Å². The topological polar surface area (TPSA) is 121 Å². The van der Waals surface area contributed by atoms with Crippen molar-refractivity contribution in [2.75, 3.05) is 18.0 Å². The lowest BCUT2D eigenvalue weighted by molar-refractivity contribution is -0.145. The molecule has 45 heavy (non-hydrogen) atoms. The fourth-order valence-corrected chi connectivity index (χ4v) is 8.25. The lowest BCUT2D eigenvalue weighted by atomic mass is 9.79. The Morgan fingerprint density at radius 3 is 2.64 bits per heavy atom. The van der Waals surface area contributed by atoms with E-state index in [2.05, 4.69) is 20.1 Å². The molecule has 4 aromatic rings. The second-order valence-corrected chi connectivity index (χ2v) is 13.8. The Labute approximate surface area is 258 Å². The second kappa shape index (κ2) is 11.4. The highest BCUT2D eigenvalue weighted by molar-refractivity contribution is 7.89. The molecule has 1 saturated heterocycles. The summed E-state index contributed by atoms with van der Waals surface area (Å²) in [5, 5.41) is 17.2. The Morgan fingerprint density at radius 2 is 1.91 bits per heavy atom. The standard InChI is InChI=1S/C31H33F3N6O4S/c1-18-9-10-21(26(20(3)29(41)42)24-11-14-40-27(19(24)2)36-37-30(40)31(32,33)34)15-22(18)16-38-17-23-7-4-5-13-39(23)28-25(45(38,43)44)8-6-12-35-28/h6,8-12,14-15,20,23,26H,4-5,7,13,16-17H2,1-3H3,(H,41,42)/t20?,23-,26?/m0/s1. The molecule has 1 N–H and O–H groups in total. The molecule has 0 aliphatic carbocycles. The van der Waals surface area contributed by atoms with Gasteiger partial charge in [-0.15, -0.1) is 10.2 Å². The van der Waals surface area contributed by atoms with Gasteiger partial charge in [-0.3, -0.25) is 9.20 Å². The van der Waals surface area contributed by atoms with Crippen molar-refractivity contribution in [3.05, 3.63) is 82.4 Å². The maximum absolute atomic E-state index is 14.0. The average Bonchev–Trinajstić information content (AvgIpc) is 3.42. The molecular formula is C31H33F3N6O4S. The smallest absolute Gasteiger partial charge is 0.452 e. The molecule has 2 aliphatic heterocycles. The Morgan fingerprint density at radius 1 is 1.13 bits per heavy atom. The third kappa shape index (κ3) is 5.43. The Hall–Kier alpha value is -4.04. The maximum atomic E-state index is 14.0. The van der Waals surface area contributed by atoms with E-state index >= 15 is 0 Å². The van der Waals surface area contributed by atoms with E-state index in [-0.39, 0.29) is 29.7 Å². The van der Waals surface area contributed by atoms with Crippen LogP contribution in [0.15, 0.2) is 53.7 Å². The Bertz CT molecular complexity index is 1890. The average molecular weight is 643 g/mol. The van der Waals surface area contributed by atoms with Crippen LogP contribution in [0.4, 0.5) is 19.0 Å². The number of hydrogen-bond donors (Lipinski definition) is 1. The van der Waals surface area contributed by atoms with Crippen LogP contribution in [0.5, 0.6) is 0 Å². The first-order chi connectivity index (χ1) is 21.3. The van der Waals surface area contributed by atoms with Gasteiger partial charge in [0.2, 0.25) is 15.8 Å². The lowest BCUT2D eigenvalue weighted by Gasteiger charge is -2.36. The number of halogens is 3. The van der Waals surface area contributed by atoms with Gasteiger partial charge in [-0.1, -0.05) is 25.1 Å². The van der Waals surface area contributed by atoms with Crippen molar-refractivity contribution in [3.8, 4) is 0 Å². The normalized spacial score (nSPS) is 19.9. The van der Waals surface area contributed by atoms with Gasteiger partial charge in [-0.05, 0) is 79.1 Å². The summed E-state index contributed by atoms with van der Waals surface area (Å²) in [6.07, 6.45) is 0.874. The molecule has 2 aliphatic rings. The number of carboxylic acids is 1. The van der Waals surface area contributed by atoms with Gasteiger partial charge in [0, 0.05) is 44.0 Å². The van der Waals surface area contributed by atoms with Gasteiger partial charge in [-0.2, -0.15) is 17.5 Å². The van der Waals surface area contributed by atoms with Crippen LogP contribution in [0.3, 0.4) is 0 Å². The number of nitrogens with zero attached hydrogens (tertiary/aromatic N) is 6. The molecule has 0 bridgehead atoms. The van der Waals surface area contributed by atoms with Crippen molar-refractivity contribution in [1.82, 2.24) is 23.9 Å². The number of sulfonamides is 1. The monoisotopic (exact) mass is 642 g/mol. The van der Waals surface area contributed by atoms with Gasteiger partial charge < -0.3 is 10.0 Å². The third-order valence-corrected chi connectivity index (χ3v) is 10.9. The zero-order valence-corrected chi connectivity index (χ0v) is 25.8. The van der Waals surface area contributed by atoms with E-state index in [1.54, 1.807) is 38.2 Å². The zero-order valence-electron chi connectivity index (χ0n) is 25.0. The van der Waals surface area contributed by atoms with Gasteiger partial charge in [-0.25, -0.2) is 13.4 Å². The van der Waals surface area contributed by atoms with E-state index in [1.807, 2.05) is 19.1 Å². The van der Waals surface area contributed by atoms with E-state index < -0.39 is 39.8 Å². The van der Waals surface area contributed by atoms with Crippen LogP contribution < -0.4 is 4.90 Å². The fraction of sp³-hybridized carbons (Fsp3) is 0.419. The second-order valence-electron chi connectivity index (χ2n) is 11.9. The molecule has 0 amide bonds. The predicted octanol–water partition coefficient (Wildman–Crippen LogP) is 5.18. The number of aliphatic carboxylic acids is 1. The molecular weight excluding hydrogens is 609 g/mol. The largest absolute Gasteiger partial charge is 0.481 e. The van der Waals surface area contributed by atoms with Crippen LogP contribution in [0.25, 0.3) is 5.65 Å². The van der Waals surface area contributed by atoms with E-state index in [1.165, 1.54) is 16.6 Å². The molecule has 1 fully saturated rings. The van der Waals surface area contributed by atoms with E-state index in [9.17, 15) is 31.5 Å². The highest BCUT2D eigenvalue weighted by atomic mass is 32.2. The number of alkyl halides is 3. The molecule has 238 valence electrons. The summed E-state index contributed by atoms with van der Waals surface area (Å²) < 4.78 is 71.0. The number of aryl methyl sites for hydroxylation is 2. The van der Waals surface area contributed by atoms with Gasteiger partial charge in [0.1, 0.15) is 10.7 Å². The number of piperidine rings is 1. The van der Waals surface area contributed by atoms with Crippen molar-refractivity contribution < 1.29 is 31.5 Å². The van der Waals surface area contributed by atoms with Gasteiger partial charge in [0.25, 0.3) is 0 Å².